The lowest BCUT2D eigenvalue weighted by Gasteiger charge is -2.16. The van der Waals surface area contributed by atoms with Crippen molar-refractivity contribution in [3.8, 4) is 0 Å². The Hall–Kier alpha value is -1.55. The highest BCUT2D eigenvalue weighted by Crippen LogP contribution is 2.12. The third-order valence-electron chi connectivity index (χ3n) is 2.81. The standard InChI is InChI=1S/C12H17N3O/c1-9-2-4-11(5-3-9)14-12(16)15-7-6-10(13)8-15/h2-5,10H,6-8,13H2,1H3,(H,14,16). The van der Waals surface area contributed by atoms with E-state index < -0.39 is 0 Å². The quantitative estimate of drug-likeness (QED) is 0.753. The SMILES string of the molecule is Cc1ccc(NC(=O)N2CCC(N)C2)cc1. The summed E-state index contributed by atoms with van der Waals surface area (Å²) in [4.78, 5) is 13.6. The largest absolute Gasteiger partial charge is 0.326 e. The summed E-state index contributed by atoms with van der Waals surface area (Å²) in [7, 11) is 0. The van der Waals surface area contributed by atoms with Gasteiger partial charge in [-0.2, -0.15) is 0 Å². The van der Waals surface area contributed by atoms with Crippen LogP contribution in [0.25, 0.3) is 0 Å². The maximum atomic E-state index is 11.8. The van der Waals surface area contributed by atoms with Gasteiger partial charge >= 0.3 is 6.03 Å². The van der Waals surface area contributed by atoms with Crippen molar-refractivity contribution in [2.75, 3.05) is 18.4 Å². The van der Waals surface area contributed by atoms with E-state index >= 15 is 0 Å². The van der Waals surface area contributed by atoms with Crippen molar-refractivity contribution in [1.82, 2.24) is 4.90 Å². The number of nitrogens with one attached hydrogen (secondary N) is 1. The summed E-state index contributed by atoms with van der Waals surface area (Å²) in [6, 6.07) is 7.84. The molecule has 1 aliphatic rings. The molecule has 16 heavy (non-hydrogen) atoms. The fraction of sp³-hybridized carbons (Fsp3) is 0.417. The lowest BCUT2D eigenvalue weighted by molar-refractivity contribution is 0.222. The first-order valence-electron chi connectivity index (χ1n) is 5.53. The highest BCUT2D eigenvalue weighted by atomic mass is 16.2. The smallest absolute Gasteiger partial charge is 0.321 e. The lowest BCUT2D eigenvalue weighted by Crippen LogP contribution is -2.35. The van der Waals surface area contributed by atoms with Crippen molar-refractivity contribution in [1.29, 1.82) is 0 Å². The molecular weight excluding hydrogens is 202 g/mol. The summed E-state index contributed by atoms with van der Waals surface area (Å²) < 4.78 is 0. The molecule has 0 bridgehead atoms. The van der Waals surface area contributed by atoms with Crippen LogP contribution in [0.5, 0.6) is 0 Å². The molecule has 4 heteroatoms. The number of amides is 2. The molecule has 2 rings (SSSR count). The van der Waals surface area contributed by atoms with Gasteiger partial charge < -0.3 is 16.0 Å². The third-order valence-corrected chi connectivity index (χ3v) is 2.81. The van der Waals surface area contributed by atoms with Crippen LogP contribution >= 0.6 is 0 Å². The number of hydrogen-bond donors (Lipinski definition) is 2. The van der Waals surface area contributed by atoms with E-state index in [-0.39, 0.29) is 12.1 Å². The highest BCUT2D eigenvalue weighted by Gasteiger charge is 2.23. The summed E-state index contributed by atoms with van der Waals surface area (Å²) in [6.45, 7) is 3.42. The van der Waals surface area contributed by atoms with Gasteiger partial charge in [-0.1, -0.05) is 17.7 Å². The summed E-state index contributed by atoms with van der Waals surface area (Å²) in [5, 5.41) is 2.86. The number of nitrogens with two attached hydrogens (primary N) is 1. The molecule has 4 nitrogen and oxygen atoms in total. The van der Waals surface area contributed by atoms with Gasteiger partial charge in [0.2, 0.25) is 0 Å². The van der Waals surface area contributed by atoms with Crippen LogP contribution in [0.2, 0.25) is 0 Å². The average Bonchev–Trinajstić information content (AvgIpc) is 2.68. The topological polar surface area (TPSA) is 58.4 Å². The summed E-state index contributed by atoms with van der Waals surface area (Å²) in [5.74, 6) is 0. The van der Waals surface area contributed by atoms with Crippen LogP contribution in [0.1, 0.15) is 12.0 Å². The Balaban J connectivity index is 1.94. The Morgan fingerprint density at radius 3 is 2.69 bits per heavy atom. The van der Waals surface area contributed by atoms with Crippen LogP contribution in [0.15, 0.2) is 24.3 Å². The normalized spacial score (nSPS) is 19.9. The minimum absolute atomic E-state index is 0.0585. The molecule has 1 aromatic carbocycles. The van der Waals surface area contributed by atoms with Gasteiger partial charge in [0.15, 0.2) is 0 Å². The minimum Gasteiger partial charge on any atom is -0.326 e. The zero-order valence-electron chi connectivity index (χ0n) is 9.44. The predicted molar refractivity (Wildman–Crippen MR) is 64.4 cm³/mol. The summed E-state index contributed by atoms with van der Waals surface area (Å²) in [6.07, 6.45) is 0.890. The lowest BCUT2D eigenvalue weighted by atomic mass is 10.2. The molecule has 2 amide bonds. The molecular formula is C12H17N3O. The number of anilines is 1. The van der Waals surface area contributed by atoms with Crippen LogP contribution in [0.4, 0.5) is 10.5 Å². The van der Waals surface area contributed by atoms with E-state index in [1.165, 1.54) is 5.56 Å². The molecule has 1 aromatic rings. The van der Waals surface area contributed by atoms with E-state index in [0.717, 1.165) is 18.7 Å². The van der Waals surface area contributed by atoms with Crippen molar-refractivity contribution in [3.63, 3.8) is 0 Å². The summed E-state index contributed by atoms with van der Waals surface area (Å²) in [5.41, 5.74) is 7.77. The molecule has 86 valence electrons. The Bertz CT molecular complexity index is 374. The fourth-order valence-corrected chi connectivity index (χ4v) is 1.81. The molecule has 0 saturated carbocycles. The van der Waals surface area contributed by atoms with E-state index in [9.17, 15) is 4.79 Å². The van der Waals surface area contributed by atoms with Gasteiger partial charge in [0.25, 0.3) is 0 Å². The molecule has 1 unspecified atom stereocenters. The molecule has 1 saturated heterocycles. The Morgan fingerprint density at radius 1 is 1.44 bits per heavy atom. The zero-order chi connectivity index (χ0) is 11.5. The van der Waals surface area contributed by atoms with E-state index in [1.54, 1.807) is 4.90 Å². The predicted octanol–water partition coefficient (Wildman–Crippen LogP) is 1.56. The van der Waals surface area contributed by atoms with Crippen LogP contribution in [-0.2, 0) is 0 Å². The van der Waals surface area contributed by atoms with Crippen LogP contribution in [0.3, 0.4) is 0 Å². The van der Waals surface area contributed by atoms with E-state index in [1.807, 2.05) is 31.2 Å². The number of likely N-dealkylation sites (tertiary alicyclic amines) is 1. The van der Waals surface area contributed by atoms with Gasteiger partial charge in [0, 0.05) is 24.8 Å². The van der Waals surface area contributed by atoms with Crippen LogP contribution in [0, 0.1) is 6.92 Å². The maximum Gasteiger partial charge on any atom is 0.321 e. The Labute approximate surface area is 95.4 Å². The number of carbonyl (C=O) groups is 1. The van der Waals surface area contributed by atoms with Gasteiger partial charge in [0.05, 0.1) is 0 Å². The first-order chi connectivity index (χ1) is 7.65. The third kappa shape index (κ3) is 2.52. The molecule has 3 N–H and O–H groups in total. The highest BCUT2D eigenvalue weighted by molar-refractivity contribution is 5.89. The fourth-order valence-electron chi connectivity index (χ4n) is 1.81. The first-order valence-corrected chi connectivity index (χ1v) is 5.53. The molecule has 1 atom stereocenters. The number of rotatable bonds is 1. The van der Waals surface area contributed by atoms with Gasteiger partial charge in [-0.05, 0) is 25.5 Å². The molecule has 0 radical (unpaired) electrons. The number of benzene rings is 1. The van der Waals surface area contributed by atoms with E-state index in [4.69, 9.17) is 5.73 Å². The first kappa shape index (κ1) is 11.0. The number of aryl methyl sites for hydroxylation is 1. The molecule has 1 heterocycles. The molecule has 0 spiro atoms. The zero-order valence-corrected chi connectivity index (χ0v) is 9.44. The van der Waals surface area contributed by atoms with Crippen molar-refractivity contribution < 1.29 is 4.79 Å². The summed E-state index contributed by atoms with van der Waals surface area (Å²) >= 11 is 0. The molecule has 0 aliphatic carbocycles. The van der Waals surface area contributed by atoms with Crippen molar-refractivity contribution in [3.05, 3.63) is 29.8 Å². The number of nitrogens with zero attached hydrogens (tertiary/aromatic N) is 1. The Morgan fingerprint density at radius 2 is 2.12 bits per heavy atom. The van der Waals surface area contributed by atoms with Gasteiger partial charge in [0.1, 0.15) is 0 Å². The van der Waals surface area contributed by atoms with Crippen molar-refractivity contribution >= 4 is 11.7 Å². The monoisotopic (exact) mass is 219 g/mol. The minimum atomic E-state index is -0.0585. The molecule has 1 aliphatic heterocycles. The van der Waals surface area contributed by atoms with Gasteiger partial charge in [-0.3, -0.25) is 0 Å². The van der Waals surface area contributed by atoms with Crippen LogP contribution in [-0.4, -0.2) is 30.1 Å². The molecule has 0 aromatic heterocycles. The maximum absolute atomic E-state index is 11.8. The average molecular weight is 219 g/mol. The second-order valence-corrected chi connectivity index (χ2v) is 4.29. The van der Waals surface area contributed by atoms with E-state index in [2.05, 4.69) is 5.32 Å². The number of urea groups is 1. The second-order valence-electron chi connectivity index (χ2n) is 4.29. The van der Waals surface area contributed by atoms with Crippen molar-refractivity contribution in [2.45, 2.75) is 19.4 Å². The Kier molecular flexibility index (Phi) is 3.10. The van der Waals surface area contributed by atoms with Gasteiger partial charge in [-0.25, -0.2) is 4.79 Å². The van der Waals surface area contributed by atoms with Crippen molar-refractivity contribution in [2.24, 2.45) is 5.73 Å². The van der Waals surface area contributed by atoms with E-state index in [0.29, 0.717) is 6.54 Å². The second kappa shape index (κ2) is 4.53. The number of hydrogen-bond acceptors (Lipinski definition) is 2. The molecule has 1 fully saturated rings. The van der Waals surface area contributed by atoms with Gasteiger partial charge in [-0.15, -0.1) is 0 Å². The van der Waals surface area contributed by atoms with Crippen LogP contribution < -0.4 is 11.1 Å². The number of carbonyl (C=O) groups excluding carboxylic acids is 1.